The quantitative estimate of drug-likeness (QED) is 0.150. The molecular formula is C34H36BrN3O5Si. The topological polar surface area (TPSA) is 94.6 Å². The zero-order valence-electron chi connectivity index (χ0n) is 25.9. The molecule has 1 saturated heterocycles. The second-order valence-electron chi connectivity index (χ2n) is 14.5. The van der Waals surface area contributed by atoms with Crippen LogP contribution in [0.15, 0.2) is 46.9 Å². The highest BCUT2D eigenvalue weighted by atomic mass is 79.9. The zero-order valence-corrected chi connectivity index (χ0v) is 28.5. The number of fused-ring (bicyclic) bond motifs is 11. The molecular weight excluding hydrogens is 638 g/mol. The van der Waals surface area contributed by atoms with E-state index in [0.717, 1.165) is 48.1 Å². The third kappa shape index (κ3) is 3.84. The summed E-state index contributed by atoms with van der Waals surface area (Å²) in [6.45, 7) is 15.3. The van der Waals surface area contributed by atoms with Crippen LogP contribution in [0.3, 0.4) is 0 Å². The summed E-state index contributed by atoms with van der Waals surface area (Å²) < 4.78 is 23.6. The number of rotatable bonds is 3. The fraction of sp³-hybridized carbons (Fsp3) is 0.412. The Morgan fingerprint density at radius 1 is 0.977 bits per heavy atom. The molecule has 8 rings (SSSR count). The maximum Gasteiger partial charge on any atom is 0.259 e. The minimum absolute atomic E-state index is 0.0354. The van der Waals surface area contributed by atoms with Gasteiger partial charge in [0.25, 0.3) is 11.8 Å². The second kappa shape index (κ2) is 9.04. The van der Waals surface area contributed by atoms with Crippen LogP contribution in [0.25, 0.3) is 43.6 Å². The third-order valence-electron chi connectivity index (χ3n) is 10.3. The van der Waals surface area contributed by atoms with Gasteiger partial charge in [-0.3, -0.25) is 14.9 Å². The smallest absolute Gasteiger partial charge is 0.259 e. The van der Waals surface area contributed by atoms with E-state index in [-0.39, 0.29) is 41.2 Å². The molecule has 3 aromatic carbocycles. The molecule has 44 heavy (non-hydrogen) atoms. The third-order valence-corrected chi connectivity index (χ3v) is 15.3. The Hall–Kier alpha value is -3.02. The van der Waals surface area contributed by atoms with Crippen LogP contribution in [0.1, 0.15) is 67.8 Å². The van der Waals surface area contributed by atoms with E-state index in [1.807, 2.05) is 50.2 Å². The molecule has 5 aromatic rings. The number of hydrogen-bond donors (Lipinski definition) is 2. The Bertz CT molecular complexity index is 2090. The van der Waals surface area contributed by atoms with Gasteiger partial charge in [-0.15, -0.1) is 0 Å². The number of nitrogens with zero attached hydrogens (tertiary/aromatic N) is 1. The first-order chi connectivity index (χ1) is 20.7. The average molecular weight is 675 g/mol. The molecule has 0 radical (unpaired) electrons. The van der Waals surface area contributed by atoms with E-state index < -0.39 is 14.1 Å². The number of carbonyl (C=O) groups excluding carboxylic acids is 2. The highest BCUT2D eigenvalue weighted by Gasteiger charge is 2.57. The van der Waals surface area contributed by atoms with Crippen LogP contribution >= 0.6 is 15.9 Å². The van der Waals surface area contributed by atoms with Crippen LogP contribution in [-0.2, 0) is 13.9 Å². The van der Waals surface area contributed by atoms with E-state index in [1.54, 1.807) is 0 Å². The standard InChI is InChI=1S/C34H36BrN3O5Si/c1-33(2,3)44(6,7)43-22-15-21(29-30(22)42-34(4,5)41-29)38-20-11-9-8-10-17(20)24-26-25(31(39)37-32(26)40)23-18-14-16(35)12-13-19(18)36-27(23)28(24)38/h8-14,21-22,29-30,36H,15H2,1-7H3,(H,37,39,40)/t21?,22-,29-,30+/m0/s1. The summed E-state index contributed by atoms with van der Waals surface area (Å²) in [6, 6.07) is 14.0. The number of halogens is 1. The minimum atomic E-state index is -2.15. The molecule has 228 valence electrons. The average Bonchev–Trinajstić information content (AvgIpc) is 3.69. The van der Waals surface area contributed by atoms with Gasteiger partial charge in [0.15, 0.2) is 14.1 Å². The van der Waals surface area contributed by atoms with Crippen molar-refractivity contribution in [2.45, 2.75) is 89.3 Å². The van der Waals surface area contributed by atoms with Gasteiger partial charge in [-0.25, -0.2) is 0 Å². The molecule has 3 aliphatic rings. The Labute approximate surface area is 264 Å². The number of ether oxygens (including phenoxy) is 2. The van der Waals surface area contributed by atoms with Crippen LogP contribution in [-0.4, -0.2) is 53.8 Å². The number of hydrogen-bond acceptors (Lipinski definition) is 5. The fourth-order valence-corrected chi connectivity index (χ4v) is 9.17. The number of benzene rings is 3. The number of nitrogens with one attached hydrogen (secondary N) is 2. The van der Waals surface area contributed by atoms with Crippen LogP contribution < -0.4 is 5.32 Å². The Kier molecular flexibility index (Phi) is 5.84. The lowest BCUT2D eigenvalue weighted by atomic mass is 9.96. The molecule has 10 heteroatoms. The molecule has 8 nitrogen and oxygen atoms in total. The van der Waals surface area contributed by atoms with Gasteiger partial charge in [-0.05, 0) is 62.7 Å². The van der Waals surface area contributed by atoms with Crippen molar-refractivity contribution < 1.29 is 23.5 Å². The first-order valence-electron chi connectivity index (χ1n) is 15.3. The van der Waals surface area contributed by atoms with Crippen molar-refractivity contribution in [3.8, 4) is 0 Å². The molecule has 1 unspecified atom stereocenters. The predicted molar refractivity (Wildman–Crippen MR) is 178 cm³/mol. The number of para-hydroxylation sites is 1. The first-order valence-corrected chi connectivity index (χ1v) is 19.0. The molecule has 0 bridgehead atoms. The highest BCUT2D eigenvalue weighted by Crippen LogP contribution is 2.52. The fourth-order valence-electron chi connectivity index (χ4n) is 7.47. The molecule has 1 aliphatic carbocycles. The molecule has 2 aliphatic heterocycles. The van der Waals surface area contributed by atoms with E-state index in [4.69, 9.17) is 13.9 Å². The van der Waals surface area contributed by atoms with Crippen molar-refractivity contribution in [2.24, 2.45) is 0 Å². The Balaban J connectivity index is 1.46. The van der Waals surface area contributed by atoms with Crippen LogP contribution in [0.4, 0.5) is 0 Å². The van der Waals surface area contributed by atoms with Gasteiger partial charge >= 0.3 is 0 Å². The van der Waals surface area contributed by atoms with Gasteiger partial charge in [0, 0.05) is 37.1 Å². The van der Waals surface area contributed by atoms with Gasteiger partial charge in [-0.1, -0.05) is 54.9 Å². The maximum atomic E-state index is 13.6. The van der Waals surface area contributed by atoms with Crippen molar-refractivity contribution in [1.29, 1.82) is 0 Å². The minimum Gasteiger partial charge on any atom is -0.411 e. The number of carbonyl (C=O) groups is 2. The molecule has 4 heterocycles. The van der Waals surface area contributed by atoms with Crippen molar-refractivity contribution in [3.05, 3.63) is 58.1 Å². The highest BCUT2D eigenvalue weighted by molar-refractivity contribution is 9.10. The van der Waals surface area contributed by atoms with Crippen molar-refractivity contribution in [2.75, 3.05) is 0 Å². The van der Waals surface area contributed by atoms with E-state index in [2.05, 4.69) is 70.7 Å². The molecule has 2 amide bonds. The SMILES string of the molecule is CC1(C)O[C@@H]2[C@@H](O[Si](C)(C)C(C)(C)C)CC(n3c4ccccc4c4c5c(c6c7cc(Br)ccc7[nH]c6c43)C(=O)NC5=O)[C@@H]2O1. The number of aromatic nitrogens is 2. The van der Waals surface area contributed by atoms with Crippen LogP contribution in [0.5, 0.6) is 0 Å². The molecule has 2 aromatic heterocycles. The summed E-state index contributed by atoms with van der Waals surface area (Å²) in [4.78, 5) is 30.7. The zero-order chi connectivity index (χ0) is 31.1. The van der Waals surface area contributed by atoms with E-state index in [9.17, 15) is 9.59 Å². The lowest BCUT2D eigenvalue weighted by Gasteiger charge is -2.39. The molecule has 0 spiro atoms. The summed E-state index contributed by atoms with van der Waals surface area (Å²) in [5, 5.41) is 5.98. The lowest BCUT2D eigenvalue weighted by Crippen LogP contribution is -2.46. The molecule has 2 fully saturated rings. The Morgan fingerprint density at radius 3 is 2.39 bits per heavy atom. The summed E-state index contributed by atoms with van der Waals surface area (Å²) in [7, 11) is -2.15. The molecule has 1 saturated carbocycles. The second-order valence-corrected chi connectivity index (χ2v) is 20.2. The number of H-pyrrole nitrogens is 1. The van der Waals surface area contributed by atoms with Crippen molar-refractivity contribution in [3.63, 3.8) is 0 Å². The van der Waals surface area contributed by atoms with Gasteiger partial charge in [-0.2, -0.15) is 0 Å². The maximum absolute atomic E-state index is 13.6. The molecule has 4 atom stereocenters. The summed E-state index contributed by atoms with van der Waals surface area (Å²) >= 11 is 3.61. The lowest BCUT2D eigenvalue weighted by molar-refractivity contribution is -0.164. The van der Waals surface area contributed by atoms with Gasteiger partial charge in [0.1, 0.15) is 12.2 Å². The number of aromatic amines is 1. The van der Waals surface area contributed by atoms with Crippen molar-refractivity contribution >= 4 is 79.7 Å². The normalized spacial score (nSPS) is 25.1. The van der Waals surface area contributed by atoms with Crippen LogP contribution in [0, 0.1) is 0 Å². The monoisotopic (exact) mass is 673 g/mol. The van der Waals surface area contributed by atoms with E-state index in [1.165, 1.54) is 0 Å². The number of imide groups is 1. The predicted octanol–water partition coefficient (Wildman–Crippen LogP) is 7.93. The summed E-state index contributed by atoms with van der Waals surface area (Å²) in [6.07, 6.45) is 0.0310. The van der Waals surface area contributed by atoms with Gasteiger partial charge < -0.3 is 23.5 Å². The van der Waals surface area contributed by atoms with Gasteiger partial charge in [0.05, 0.1) is 34.3 Å². The Morgan fingerprint density at radius 2 is 1.66 bits per heavy atom. The van der Waals surface area contributed by atoms with Crippen molar-refractivity contribution in [1.82, 2.24) is 14.9 Å². The van der Waals surface area contributed by atoms with E-state index in [0.29, 0.717) is 17.5 Å². The van der Waals surface area contributed by atoms with E-state index >= 15 is 0 Å². The summed E-state index contributed by atoms with van der Waals surface area (Å²) in [5.74, 6) is -1.50. The van der Waals surface area contributed by atoms with Gasteiger partial charge in [0.2, 0.25) is 0 Å². The molecule has 2 N–H and O–H groups in total. The first kappa shape index (κ1) is 28.5. The summed E-state index contributed by atoms with van der Waals surface area (Å²) in [5.41, 5.74) is 4.45. The number of amides is 2. The van der Waals surface area contributed by atoms with Crippen LogP contribution in [0.2, 0.25) is 18.1 Å². The largest absolute Gasteiger partial charge is 0.411 e.